The molecule has 17 heteroatoms. The number of rotatable bonds is 11. The van der Waals surface area contributed by atoms with Gasteiger partial charge in [-0.25, -0.2) is 8.78 Å². The number of hydrogen-bond acceptors (Lipinski definition) is 12. The van der Waals surface area contributed by atoms with E-state index in [9.17, 15) is 32.8 Å². The molecule has 9 rings (SSSR count). The van der Waals surface area contributed by atoms with Gasteiger partial charge in [0.05, 0.1) is 16.7 Å². The zero-order valence-corrected chi connectivity index (χ0v) is 36.5. The number of carbonyl (C=O) groups is 5. The van der Waals surface area contributed by atoms with Gasteiger partial charge in [0, 0.05) is 106 Å². The monoisotopic (exact) mass is 901 g/mol. The van der Waals surface area contributed by atoms with Crippen molar-refractivity contribution in [3.05, 3.63) is 118 Å². The van der Waals surface area contributed by atoms with E-state index in [0.717, 1.165) is 93.8 Å². The molecule has 4 aromatic carbocycles. The van der Waals surface area contributed by atoms with Crippen molar-refractivity contribution in [1.29, 1.82) is 5.41 Å². The van der Waals surface area contributed by atoms with Crippen LogP contribution in [0.25, 0.3) is 0 Å². The number of ether oxygens (including phenoxy) is 1. The maximum Gasteiger partial charge on any atom is 0.262 e. The Morgan fingerprint density at radius 3 is 2.15 bits per heavy atom. The van der Waals surface area contributed by atoms with Gasteiger partial charge in [0.15, 0.2) is 0 Å². The molecule has 1 unspecified atom stereocenters. The van der Waals surface area contributed by atoms with Crippen LogP contribution >= 0.6 is 0 Å². The first-order valence-corrected chi connectivity index (χ1v) is 22.7. The van der Waals surface area contributed by atoms with Crippen molar-refractivity contribution in [2.45, 2.75) is 57.0 Å². The van der Waals surface area contributed by atoms with Gasteiger partial charge in [-0.3, -0.25) is 44.5 Å². The van der Waals surface area contributed by atoms with E-state index < -0.39 is 47.2 Å². The van der Waals surface area contributed by atoms with Crippen LogP contribution in [0.5, 0.6) is 0 Å². The molecule has 66 heavy (non-hydrogen) atoms. The predicted molar refractivity (Wildman–Crippen MR) is 245 cm³/mol. The van der Waals surface area contributed by atoms with Gasteiger partial charge in [-0.05, 0) is 116 Å². The van der Waals surface area contributed by atoms with Crippen molar-refractivity contribution in [3.63, 3.8) is 0 Å². The number of nitrogens with zero attached hydrogens (tertiary/aromatic N) is 4. The quantitative estimate of drug-likeness (QED) is 0.0594. The molecular weight excluding hydrogens is 849 g/mol. The van der Waals surface area contributed by atoms with E-state index in [0.29, 0.717) is 47.1 Å². The molecule has 4 saturated heterocycles. The Morgan fingerprint density at radius 2 is 1.42 bits per heavy atom. The molecule has 4 aromatic rings. The Hall–Kier alpha value is -6.72. The van der Waals surface area contributed by atoms with E-state index in [-0.39, 0.29) is 48.0 Å². The van der Waals surface area contributed by atoms with Crippen LogP contribution in [0.1, 0.15) is 86.3 Å². The lowest BCUT2D eigenvalue weighted by molar-refractivity contribution is -0.136. The minimum atomic E-state index is -0.997. The number of halogens is 2. The van der Waals surface area contributed by atoms with Crippen molar-refractivity contribution >= 4 is 58.1 Å². The first-order chi connectivity index (χ1) is 31.9. The van der Waals surface area contributed by atoms with Crippen LogP contribution < -0.4 is 31.5 Å². The minimum absolute atomic E-state index is 0.0734. The number of carbonyl (C=O) groups excluding carboxylic acids is 5. The predicted octanol–water partition coefficient (Wildman–Crippen LogP) is 4.92. The first-order valence-electron chi connectivity index (χ1n) is 22.7. The second-order valence-electron chi connectivity index (χ2n) is 17.9. The molecule has 0 spiro atoms. The van der Waals surface area contributed by atoms with Crippen LogP contribution in [0.2, 0.25) is 0 Å². The fraction of sp³-hybridized carbons (Fsp3) is 0.388. The molecule has 0 aromatic heterocycles. The normalized spacial score (nSPS) is 19.8. The fourth-order valence-corrected chi connectivity index (χ4v) is 9.82. The second-order valence-corrected chi connectivity index (χ2v) is 17.9. The van der Waals surface area contributed by atoms with Gasteiger partial charge >= 0.3 is 0 Å². The zero-order valence-electron chi connectivity index (χ0n) is 36.5. The number of amidine groups is 1. The molecule has 0 bridgehead atoms. The van der Waals surface area contributed by atoms with Crippen molar-refractivity contribution in [2.24, 2.45) is 5.92 Å². The Bertz CT molecular complexity index is 2570. The molecule has 1 atom stereocenters. The number of fused-ring (bicyclic) bond motifs is 1. The lowest BCUT2D eigenvalue weighted by Gasteiger charge is -2.40. The standard InChI is InChI=1S/C49H53F2N9O6/c50-32-22-31(23-33(51)25-32)21-30-1-6-41(52)40(24-30)45(53)56-46(62)38-5-3-36(27-42(38)54-34-11-19-66-20-12-34)58-13-9-29(10-14-58)28-57-15-17-59(18-16-57)35-2-4-37-39(26-35)49(65)60(48(37)64)43-7-8-44(61)55-47(43)63/h1-6,22-27,29,34,43,54H,7-21,28,52H2,(H2,53,56,62)(H,55,61,63). The highest BCUT2D eigenvalue weighted by Crippen LogP contribution is 2.33. The van der Waals surface area contributed by atoms with Gasteiger partial charge in [0.1, 0.15) is 23.5 Å². The van der Waals surface area contributed by atoms with E-state index >= 15 is 0 Å². The van der Waals surface area contributed by atoms with E-state index in [4.69, 9.17) is 15.9 Å². The lowest BCUT2D eigenvalue weighted by atomic mass is 9.95. The topological polar surface area (TPSA) is 194 Å². The third kappa shape index (κ3) is 9.63. The SMILES string of the molecule is N=C(NC(=O)c1ccc(N2CCC(CN3CCN(c4ccc5c(c4)C(=O)N(C4CCC(=O)NC4=O)C5=O)CC3)CC2)cc1NC1CCOCC1)c1cc(Cc2cc(F)cc(F)c2)ccc1N. The van der Waals surface area contributed by atoms with Crippen LogP contribution in [0.3, 0.4) is 0 Å². The summed E-state index contributed by atoms with van der Waals surface area (Å²) < 4.78 is 33.3. The summed E-state index contributed by atoms with van der Waals surface area (Å²) in [5.74, 6) is -3.55. The van der Waals surface area contributed by atoms with Crippen LogP contribution in [0.4, 0.5) is 31.5 Å². The van der Waals surface area contributed by atoms with E-state index in [1.165, 1.54) is 12.1 Å². The summed E-state index contributed by atoms with van der Waals surface area (Å²) in [6, 6.07) is 18.5. The van der Waals surface area contributed by atoms with E-state index in [1.807, 2.05) is 18.2 Å². The van der Waals surface area contributed by atoms with Gasteiger partial charge in [-0.15, -0.1) is 0 Å². The van der Waals surface area contributed by atoms with Crippen molar-refractivity contribution in [1.82, 2.24) is 20.4 Å². The molecule has 5 aliphatic rings. The van der Waals surface area contributed by atoms with E-state index in [1.54, 1.807) is 36.4 Å². The Morgan fingerprint density at radius 1 is 0.742 bits per heavy atom. The molecule has 0 saturated carbocycles. The third-order valence-electron chi connectivity index (χ3n) is 13.4. The number of imide groups is 2. The van der Waals surface area contributed by atoms with Crippen molar-refractivity contribution in [3.8, 4) is 0 Å². The summed E-state index contributed by atoms with van der Waals surface area (Å²) in [5, 5.41) is 17.4. The number of piperidine rings is 2. The summed E-state index contributed by atoms with van der Waals surface area (Å²) in [7, 11) is 0. The van der Waals surface area contributed by atoms with Crippen LogP contribution in [-0.2, 0) is 20.7 Å². The molecule has 5 aliphatic heterocycles. The summed E-state index contributed by atoms with van der Waals surface area (Å²) in [6.45, 7) is 7.14. The fourth-order valence-electron chi connectivity index (χ4n) is 9.82. The highest BCUT2D eigenvalue weighted by atomic mass is 19.1. The van der Waals surface area contributed by atoms with Crippen LogP contribution in [0.15, 0.2) is 72.8 Å². The smallest absolute Gasteiger partial charge is 0.262 e. The number of anilines is 4. The molecule has 344 valence electrons. The molecule has 6 N–H and O–H groups in total. The number of hydrogen-bond donors (Lipinski definition) is 5. The number of amides is 5. The van der Waals surface area contributed by atoms with Gasteiger partial charge in [-0.1, -0.05) is 6.07 Å². The maximum atomic E-state index is 13.9. The highest BCUT2D eigenvalue weighted by molar-refractivity contribution is 6.24. The Kier molecular flexibility index (Phi) is 12.8. The van der Waals surface area contributed by atoms with Crippen LogP contribution in [0, 0.1) is 23.0 Å². The number of nitrogen functional groups attached to an aromatic ring is 1. The van der Waals surface area contributed by atoms with Gasteiger partial charge in [0.25, 0.3) is 17.7 Å². The van der Waals surface area contributed by atoms with Gasteiger partial charge in [-0.2, -0.15) is 0 Å². The first kappa shape index (κ1) is 44.5. The molecule has 5 amide bonds. The molecule has 0 aliphatic carbocycles. The maximum absolute atomic E-state index is 13.9. The Balaban J connectivity index is 0.799. The van der Waals surface area contributed by atoms with Gasteiger partial charge < -0.3 is 30.9 Å². The van der Waals surface area contributed by atoms with Crippen molar-refractivity contribution < 1.29 is 37.5 Å². The van der Waals surface area contributed by atoms with Crippen LogP contribution in [-0.4, -0.2) is 116 Å². The number of piperazine rings is 1. The average Bonchev–Trinajstić information content (AvgIpc) is 3.55. The summed E-state index contributed by atoms with van der Waals surface area (Å²) in [6.07, 6.45) is 3.98. The molecule has 15 nitrogen and oxygen atoms in total. The molecular formula is C49H53F2N9O6. The third-order valence-corrected chi connectivity index (χ3v) is 13.4. The zero-order chi connectivity index (χ0) is 46.1. The summed E-state index contributed by atoms with van der Waals surface area (Å²) in [5.41, 5.74) is 11.4. The van der Waals surface area contributed by atoms with E-state index in [2.05, 4.69) is 30.7 Å². The molecule has 4 fully saturated rings. The lowest BCUT2D eigenvalue weighted by Crippen LogP contribution is -2.54. The summed E-state index contributed by atoms with van der Waals surface area (Å²) >= 11 is 0. The van der Waals surface area contributed by atoms with Crippen molar-refractivity contribution in [2.75, 3.05) is 79.9 Å². The second kappa shape index (κ2) is 19.0. The largest absolute Gasteiger partial charge is 0.398 e. The minimum Gasteiger partial charge on any atom is -0.398 e. The Labute approximate surface area is 381 Å². The number of benzene rings is 4. The average molecular weight is 902 g/mol. The van der Waals surface area contributed by atoms with Gasteiger partial charge in [0.2, 0.25) is 11.8 Å². The number of nitrogens with two attached hydrogens (primary N) is 1. The highest BCUT2D eigenvalue weighted by Gasteiger charge is 2.45. The molecule has 5 heterocycles. The molecule has 0 radical (unpaired) electrons. The number of nitrogens with one attached hydrogen (secondary N) is 4. The summed E-state index contributed by atoms with van der Waals surface area (Å²) in [4.78, 5) is 72.7.